The van der Waals surface area contributed by atoms with Gasteiger partial charge in [0.15, 0.2) is 11.5 Å². The van der Waals surface area contributed by atoms with E-state index in [1.807, 2.05) is 0 Å². The van der Waals surface area contributed by atoms with Gasteiger partial charge in [0, 0.05) is 11.5 Å². The van der Waals surface area contributed by atoms with E-state index in [0.717, 1.165) is 0 Å². The normalized spacial score (nSPS) is 23.7. The Bertz CT molecular complexity index is 426. The van der Waals surface area contributed by atoms with Gasteiger partial charge >= 0.3 is 5.97 Å². The molecule has 5 heteroatoms. The standard InChI is InChI=1S/C10H10O5/c11-7-2-1-4(8(12)9(7)13)5-3-6(5)10(14)15/h1-2,5-6,11-13H,3H2,(H,14,15). The van der Waals surface area contributed by atoms with Gasteiger partial charge in [-0.1, -0.05) is 6.07 Å². The van der Waals surface area contributed by atoms with Crippen LogP contribution in [0.4, 0.5) is 0 Å². The highest BCUT2D eigenvalue weighted by Gasteiger charge is 2.45. The summed E-state index contributed by atoms with van der Waals surface area (Å²) in [5, 5.41) is 36.5. The van der Waals surface area contributed by atoms with Crippen LogP contribution in [0, 0.1) is 5.92 Å². The Hall–Kier alpha value is -1.91. The van der Waals surface area contributed by atoms with Crippen LogP contribution in [0.2, 0.25) is 0 Å². The Morgan fingerprint density at radius 2 is 1.87 bits per heavy atom. The molecule has 1 aliphatic carbocycles. The van der Waals surface area contributed by atoms with Gasteiger partial charge in [0.1, 0.15) is 0 Å². The zero-order valence-electron chi connectivity index (χ0n) is 7.71. The number of hydrogen-bond donors (Lipinski definition) is 4. The SMILES string of the molecule is O=C(O)C1CC1c1ccc(O)c(O)c1O. The van der Waals surface area contributed by atoms with Crippen LogP contribution < -0.4 is 0 Å². The second-order valence-corrected chi connectivity index (χ2v) is 3.66. The molecule has 2 atom stereocenters. The monoisotopic (exact) mass is 210 g/mol. The van der Waals surface area contributed by atoms with Crippen molar-refractivity contribution in [3.05, 3.63) is 17.7 Å². The van der Waals surface area contributed by atoms with Crippen LogP contribution >= 0.6 is 0 Å². The van der Waals surface area contributed by atoms with Gasteiger partial charge in [0.25, 0.3) is 0 Å². The minimum absolute atomic E-state index is 0.269. The highest BCUT2D eigenvalue weighted by Crippen LogP contribution is 2.53. The maximum absolute atomic E-state index is 10.6. The third-order valence-electron chi connectivity index (χ3n) is 2.67. The zero-order valence-corrected chi connectivity index (χ0v) is 7.71. The molecule has 0 aliphatic heterocycles. The van der Waals surface area contributed by atoms with Crippen molar-refractivity contribution in [2.45, 2.75) is 12.3 Å². The fourth-order valence-corrected chi connectivity index (χ4v) is 1.70. The summed E-state index contributed by atoms with van der Waals surface area (Å²) in [6.07, 6.45) is 0.451. The first-order valence-electron chi connectivity index (χ1n) is 4.49. The number of phenols is 3. The average Bonchev–Trinajstić information content (AvgIpc) is 2.94. The van der Waals surface area contributed by atoms with Gasteiger partial charge in [-0.2, -0.15) is 0 Å². The molecule has 1 aromatic rings. The lowest BCUT2D eigenvalue weighted by atomic mass is 10.1. The zero-order chi connectivity index (χ0) is 11.2. The van der Waals surface area contributed by atoms with Gasteiger partial charge in [-0.15, -0.1) is 0 Å². The first-order chi connectivity index (χ1) is 7.02. The van der Waals surface area contributed by atoms with Crippen molar-refractivity contribution in [2.24, 2.45) is 5.92 Å². The van der Waals surface area contributed by atoms with Gasteiger partial charge < -0.3 is 20.4 Å². The van der Waals surface area contributed by atoms with E-state index in [0.29, 0.717) is 12.0 Å². The van der Waals surface area contributed by atoms with E-state index in [-0.39, 0.29) is 5.92 Å². The summed E-state index contributed by atoms with van der Waals surface area (Å²) < 4.78 is 0. The molecule has 15 heavy (non-hydrogen) atoms. The summed E-state index contributed by atoms with van der Waals surface area (Å²) in [6, 6.07) is 2.67. The number of carbonyl (C=O) groups is 1. The Balaban J connectivity index is 2.32. The fraction of sp³-hybridized carbons (Fsp3) is 0.300. The van der Waals surface area contributed by atoms with Crippen molar-refractivity contribution in [1.29, 1.82) is 0 Å². The van der Waals surface area contributed by atoms with Crippen molar-refractivity contribution >= 4 is 5.97 Å². The van der Waals surface area contributed by atoms with Crippen LogP contribution in [0.1, 0.15) is 17.9 Å². The minimum atomic E-state index is -0.910. The number of hydrogen-bond acceptors (Lipinski definition) is 4. The highest BCUT2D eigenvalue weighted by atomic mass is 16.4. The van der Waals surface area contributed by atoms with Crippen LogP contribution in [0.15, 0.2) is 12.1 Å². The van der Waals surface area contributed by atoms with Gasteiger partial charge in [0.2, 0.25) is 5.75 Å². The quantitative estimate of drug-likeness (QED) is 0.546. The molecule has 2 rings (SSSR count). The predicted molar refractivity (Wildman–Crippen MR) is 49.9 cm³/mol. The number of rotatable bonds is 2. The van der Waals surface area contributed by atoms with Crippen molar-refractivity contribution in [2.75, 3.05) is 0 Å². The van der Waals surface area contributed by atoms with Gasteiger partial charge in [-0.3, -0.25) is 4.79 Å². The van der Waals surface area contributed by atoms with E-state index < -0.39 is 29.1 Å². The second-order valence-electron chi connectivity index (χ2n) is 3.66. The molecule has 1 fully saturated rings. The van der Waals surface area contributed by atoms with E-state index in [2.05, 4.69) is 0 Å². The van der Waals surface area contributed by atoms with Gasteiger partial charge in [-0.05, 0) is 12.5 Å². The van der Waals surface area contributed by atoms with Gasteiger partial charge in [0.05, 0.1) is 5.92 Å². The predicted octanol–water partition coefficient (Wildman–Crippen LogP) is 0.991. The minimum Gasteiger partial charge on any atom is -0.504 e. The summed E-state index contributed by atoms with van der Waals surface area (Å²) in [5.41, 5.74) is 0.373. The van der Waals surface area contributed by atoms with Crippen LogP contribution in [0.5, 0.6) is 17.2 Å². The largest absolute Gasteiger partial charge is 0.504 e. The van der Waals surface area contributed by atoms with E-state index in [1.165, 1.54) is 12.1 Å². The number of aliphatic carboxylic acids is 1. The molecule has 0 saturated heterocycles. The van der Waals surface area contributed by atoms with Crippen LogP contribution in [-0.2, 0) is 4.79 Å². The van der Waals surface area contributed by atoms with Crippen LogP contribution in [-0.4, -0.2) is 26.4 Å². The number of phenolic OH excluding ortho intramolecular Hbond substituents is 3. The molecule has 4 N–H and O–H groups in total. The second kappa shape index (κ2) is 3.05. The van der Waals surface area contributed by atoms with Crippen molar-refractivity contribution < 1.29 is 25.2 Å². The van der Waals surface area contributed by atoms with Crippen molar-refractivity contribution in [3.63, 3.8) is 0 Å². The summed E-state index contributed by atoms with van der Waals surface area (Å²) in [7, 11) is 0. The molecular weight excluding hydrogens is 200 g/mol. The molecular formula is C10H10O5. The molecule has 1 aromatic carbocycles. The lowest BCUT2D eigenvalue weighted by molar-refractivity contribution is -0.138. The Morgan fingerprint density at radius 3 is 2.40 bits per heavy atom. The summed E-state index contributed by atoms with van der Waals surface area (Å²) in [4.78, 5) is 10.6. The maximum atomic E-state index is 10.6. The van der Waals surface area contributed by atoms with E-state index in [1.54, 1.807) is 0 Å². The highest BCUT2D eigenvalue weighted by molar-refractivity contribution is 5.76. The average molecular weight is 210 g/mol. The van der Waals surface area contributed by atoms with Crippen LogP contribution in [0.25, 0.3) is 0 Å². The molecule has 2 unspecified atom stereocenters. The Morgan fingerprint density at radius 1 is 1.20 bits per heavy atom. The van der Waals surface area contributed by atoms with E-state index in [9.17, 15) is 15.0 Å². The maximum Gasteiger partial charge on any atom is 0.307 e. The molecule has 0 heterocycles. The molecule has 0 spiro atoms. The summed E-state index contributed by atoms with van der Waals surface area (Å²) in [5.74, 6) is -3.11. The lowest BCUT2D eigenvalue weighted by Gasteiger charge is -2.06. The fourth-order valence-electron chi connectivity index (χ4n) is 1.70. The molecule has 0 radical (unpaired) electrons. The first-order valence-corrected chi connectivity index (χ1v) is 4.49. The van der Waals surface area contributed by atoms with E-state index >= 15 is 0 Å². The first kappa shape index (κ1) is 9.64. The third kappa shape index (κ3) is 1.45. The van der Waals surface area contributed by atoms with Crippen molar-refractivity contribution in [1.82, 2.24) is 0 Å². The van der Waals surface area contributed by atoms with Crippen molar-refractivity contribution in [3.8, 4) is 17.2 Å². The number of aromatic hydroxyl groups is 3. The number of benzene rings is 1. The summed E-state index contributed by atoms with van der Waals surface area (Å²) in [6.45, 7) is 0. The van der Waals surface area contributed by atoms with E-state index in [4.69, 9.17) is 10.2 Å². The molecule has 1 saturated carbocycles. The number of carboxylic acid groups (broad SMARTS) is 1. The van der Waals surface area contributed by atoms with Crippen LogP contribution in [0.3, 0.4) is 0 Å². The Kier molecular flexibility index (Phi) is 1.96. The van der Waals surface area contributed by atoms with Gasteiger partial charge in [-0.25, -0.2) is 0 Å². The molecule has 80 valence electrons. The lowest BCUT2D eigenvalue weighted by Crippen LogP contribution is -1.99. The molecule has 0 amide bonds. The molecule has 1 aliphatic rings. The topological polar surface area (TPSA) is 98.0 Å². The Labute approximate surface area is 85.2 Å². The molecule has 0 bridgehead atoms. The molecule has 0 aromatic heterocycles. The third-order valence-corrected chi connectivity index (χ3v) is 2.67. The summed E-state index contributed by atoms with van der Waals surface area (Å²) >= 11 is 0. The number of carboxylic acids is 1. The molecule has 5 nitrogen and oxygen atoms in total. The smallest absolute Gasteiger partial charge is 0.307 e.